The van der Waals surface area contributed by atoms with Crippen LogP contribution >= 0.6 is 39.3 Å². The van der Waals surface area contributed by atoms with E-state index in [-0.39, 0.29) is 0 Å². The molecule has 1 N–H and O–H groups in total. The van der Waals surface area contributed by atoms with E-state index in [9.17, 15) is 5.11 Å². The normalized spacial score (nSPS) is 12.4. The summed E-state index contributed by atoms with van der Waals surface area (Å²) in [5.41, 5.74) is 0.867. The average Bonchev–Trinajstić information content (AvgIpc) is 2.32. The maximum absolute atomic E-state index is 9.56. The van der Waals surface area contributed by atoms with Crippen LogP contribution in [0.5, 0.6) is 0 Å². The topological polar surface area (TPSA) is 33.1 Å². The van der Waals surface area contributed by atoms with Crippen LogP contribution in [-0.4, -0.2) is 10.1 Å². The van der Waals surface area contributed by atoms with Crippen LogP contribution in [-0.2, 0) is 0 Å². The molecule has 0 bridgehead atoms. The monoisotopic (exact) mass is 343 g/mol. The molecule has 0 saturated heterocycles. The average molecular weight is 345 g/mol. The van der Waals surface area contributed by atoms with E-state index in [2.05, 4.69) is 20.9 Å². The van der Waals surface area contributed by atoms with Crippen molar-refractivity contribution in [1.82, 2.24) is 4.98 Å². The Bertz CT molecular complexity index is 562. The molecule has 18 heavy (non-hydrogen) atoms. The third kappa shape index (κ3) is 3.26. The molecule has 1 aromatic carbocycles. The minimum Gasteiger partial charge on any atom is -0.389 e. The number of rotatable bonds is 3. The van der Waals surface area contributed by atoms with Crippen molar-refractivity contribution in [3.8, 4) is 0 Å². The van der Waals surface area contributed by atoms with E-state index in [4.69, 9.17) is 11.6 Å². The number of halogens is 2. The summed E-state index contributed by atoms with van der Waals surface area (Å²) in [6.07, 6.45) is 1.23. The van der Waals surface area contributed by atoms with Gasteiger partial charge in [-0.15, -0.1) is 0 Å². The van der Waals surface area contributed by atoms with Crippen molar-refractivity contribution in [3.05, 3.63) is 51.6 Å². The number of nitrogens with zero attached hydrogens (tertiary/aromatic N) is 1. The Labute approximate surface area is 124 Å². The molecule has 0 aliphatic heterocycles. The van der Waals surface area contributed by atoms with Crippen LogP contribution in [0.15, 0.2) is 50.9 Å². The minimum atomic E-state index is -0.489. The number of aromatic nitrogens is 1. The highest BCUT2D eigenvalue weighted by atomic mass is 79.9. The summed E-state index contributed by atoms with van der Waals surface area (Å²) in [4.78, 5) is 5.25. The SMILES string of the molecule is C[C@@H](O)c1ccc(Sc2ncccc2Cl)cc1Br. The molecule has 1 aromatic heterocycles. The van der Waals surface area contributed by atoms with Gasteiger partial charge in [0.1, 0.15) is 5.03 Å². The lowest BCUT2D eigenvalue weighted by Gasteiger charge is -2.09. The second-order valence-corrected chi connectivity index (χ2v) is 6.08. The van der Waals surface area contributed by atoms with Crippen molar-refractivity contribution >= 4 is 39.3 Å². The van der Waals surface area contributed by atoms with Crippen LogP contribution in [0.25, 0.3) is 0 Å². The van der Waals surface area contributed by atoms with Gasteiger partial charge in [-0.3, -0.25) is 0 Å². The van der Waals surface area contributed by atoms with E-state index in [1.807, 2.05) is 24.3 Å². The molecule has 0 aliphatic carbocycles. The molecule has 1 atom stereocenters. The number of benzene rings is 1. The van der Waals surface area contributed by atoms with Gasteiger partial charge >= 0.3 is 0 Å². The summed E-state index contributed by atoms with van der Waals surface area (Å²) < 4.78 is 0.884. The van der Waals surface area contributed by atoms with E-state index in [0.717, 1.165) is 20.0 Å². The first-order valence-electron chi connectivity index (χ1n) is 5.34. The minimum absolute atomic E-state index is 0.489. The van der Waals surface area contributed by atoms with E-state index < -0.39 is 6.10 Å². The van der Waals surface area contributed by atoms with Crippen molar-refractivity contribution in [2.45, 2.75) is 22.9 Å². The van der Waals surface area contributed by atoms with Crippen molar-refractivity contribution in [1.29, 1.82) is 0 Å². The van der Waals surface area contributed by atoms with Crippen LogP contribution in [0.4, 0.5) is 0 Å². The van der Waals surface area contributed by atoms with Gasteiger partial charge in [-0.1, -0.05) is 45.4 Å². The Balaban J connectivity index is 2.26. The molecule has 2 aromatic rings. The molecule has 0 unspecified atom stereocenters. The highest BCUT2D eigenvalue weighted by molar-refractivity contribution is 9.10. The first-order valence-corrected chi connectivity index (χ1v) is 7.32. The molecule has 0 amide bonds. The van der Waals surface area contributed by atoms with Crippen LogP contribution in [0, 0.1) is 0 Å². The number of pyridine rings is 1. The van der Waals surface area contributed by atoms with Crippen molar-refractivity contribution < 1.29 is 5.11 Å². The number of aliphatic hydroxyl groups excluding tert-OH is 1. The summed E-state index contributed by atoms with van der Waals surface area (Å²) in [6.45, 7) is 1.74. The largest absolute Gasteiger partial charge is 0.389 e. The third-order valence-electron chi connectivity index (χ3n) is 2.36. The lowest BCUT2D eigenvalue weighted by molar-refractivity contribution is 0.198. The smallest absolute Gasteiger partial charge is 0.119 e. The van der Waals surface area contributed by atoms with E-state index >= 15 is 0 Å². The van der Waals surface area contributed by atoms with E-state index in [1.54, 1.807) is 19.2 Å². The number of hydrogen-bond acceptors (Lipinski definition) is 3. The Hall–Kier alpha value is -0.550. The van der Waals surface area contributed by atoms with Gasteiger partial charge in [-0.2, -0.15) is 0 Å². The first kappa shape index (κ1) is 13.9. The lowest BCUT2D eigenvalue weighted by Crippen LogP contribution is -1.92. The summed E-state index contributed by atoms with van der Waals surface area (Å²) in [7, 11) is 0. The molecule has 5 heteroatoms. The molecule has 0 aliphatic rings. The zero-order chi connectivity index (χ0) is 13.1. The predicted molar refractivity (Wildman–Crippen MR) is 78.1 cm³/mol. The van der Waals surface area contributed by atoms with Gasteiger partial charge in [-0.25, -0.2) is 4.98 Å². The Morgan fingerprint density at radius 3 is 2.78 bits per heavy atom. The molecule has 94 valence electrons. The van der Waals surface area contributed by atoms with Gasteiger partial charge in [0, 0.05) is 15.6 Å². The fourth-order valence-corrected chi connectivity index (χ4v) is 3.38. The van der Waals surface area contributed by atoms with E-state index in [1.165, 1.54) is 11.8 Å². The summed E-state index contributed by atoms with van der Waals surface area (Å²) in [6, 6.07) is 9.42. The molecule has 0 spiro atoms. The van der Waals surface area contributed by atoms with Crippen LogP contribution in [0.2, 0.25) is 5.02 Å². The molecule has 2 rings (SSSR count). The first-order chi connectivity index (χ1) is 8.58. The van der Waals surface area contributed by atoms with Crippen molar-refractivity contribution in [3.63, 3.8) is 0 Å². The van der Waals surface area contributed by atoms with Gasteiger partial charge in [0.2, 0.25) is 0 Å². The fourth-order valence-electron chi connectivity index (χ4n) is 1.47. The van der Waals surface area contributed by atoms with Crippen LogP contribution < -0.4 is 0 Å². The van der Waals surface area contributed by atoms with Crippen molar-refractivity contribution in [2.24, 2.45) is 0 Å². The lowest BCUT2D eigenvalue weighted by atomic mass is 10.1. The summed E-state index contributed by atoms with van der Waals surface area (Å²) in [5, 5.41) is 11.0. The van der Waals surface area contributed by atoms with Crippen LogP contribution in [0.1, 0.15) is 18.6 Å². The maximum Gasteiger partial charge on any atom is 0.119 e. The third-order valence-corrected chi connectivity index (χ3v) is 4.47. The molecule has 1 heterocycles. The molecular weight excluding hydrogens is 334 g/mol. The van der Waals surface area contributed by atoms with Gasteiger partial charge < -0.3 is 5.11 Å². The molecule has 2 nitrogen and oxygen atoms in total. The highest BCUT2D eigenvalue weighted by Gasteiger charge is 2.09. The highest BCUT2D eigenvalue weighted by Crippen LogP contribution is 2.34. The number of aliphatic hydroxyl groups is 1. The molecule has 0 radical (unpaired) electrons. The summed E-state index contributed by atoms with van der Waals surface area (Å²) >= 11 is 11.0. The fraction of sp³-hybridized carbons (Fsp3) is 0.154. The Morgan fingerprint density at radius 2 is 2.17 bits per heavy atom. The molecule has 0 fully saturated rings. The maximum atomic E-state index is 9.56. The Kier molecular flexibility index (Phi) is 4.67. The van der Waals surface area contributed by atoms with Gasteiger partial charge in [0.05, 0.1) is 11.1 Å². The molecular formula is C13H11BrClNOS. The van der Waals surface area contributed by atoms with Gasteiger partial charge in [0.25, 0.3) is 0 Å². The zero-order valence-electron chi connectivity index (χ0n) is 9.60. The van der Waals surface area contributed by atoms with Crippen LogP contribution in [0.3, 0.4) is 0 Å². The van der Waals surface area contributed by atoms with Gasteiger partial charge in [-0.05, 0) is 36.8 Å². The molecule has 0 saturated carbocycles. The second-order valence-electron chi connectivity index (χ2n) is 3.75. The summed E-state index contributed by atoms with van der Waals surface area (Å²) in [5.74, 6) is 0. The Morgan fingerprint density at radius 1 is 1.39 bits per heavy atom. The van der Waals surface area contributed by atoms with Crippen molar-refractivity contribution in [2.75, 3.05) is 0 Å². The predicted octanol–water partition coefficient (Wildman–Crippen LogP) is 4.70. The quantitative estimate of drug-likeness (QED) is 0.876. The zero-order valence-corrected chi connectivity index (χ0v) is 12.8. The number of hydrogen-bond donors (Lipinski definition) is 1. The second kappa shape index (κ2) is 6.06. The van der Waals surface area contributed by atoms with Gasteiger partial charge in [0.15, 0.2) is 0 Å². The van der Waals surface area contributed by atoms with E-state index in [0.29, 0.717) is 5.02 Å². The standard InChI is InChI=1S/C13H11BrClNOS/c1-8(17)10-5-4-9(7-11(10)14)18-13-12(15)3-2-6-16-13/h2-8,17H,1H3/t8-/m1/s1.